The normalized spacial score (nSPS) is 21.2. The van der Waals surface area contributed by atoms with Gasteiger partial charge in [-0.2, -0.15) is 0 Å². The van der Waals surface area contributed by atoms with Gasteiger partial charge in [0.05, 0.1) is 0 Å². The maximum absolute atomic E-state index is 13.1. The lowest BCUT2D eigenvalue weighted by molar-refractivity contribution is -0.145. The Morgan fingerprint density at radius 3 is 1.70 bits per heavy atom. The number of carbonyl (C=O) groups is 3. The van der Waals surface area contributed by atoms with E-state index in [0.29, 0.717) is 56.6 Å². The van der Waals surface area contributed by atoms with Crippen molar-refractivity contribution in [3.8, 4) is 5.75 Å². The largest absolute Gasteiger partial charge is 0.484 e. The van der Waals surface area contributed by atoms with E-state index in [1.807, 2.05) is 40.1 Å². The molecular weight excluding hydrogens is 418 g/mol. The Hall–Kier alpha value is -2.57. The lowest BCUT2D eigenvalue weighted by atomic mass is 9.90. The van der Waals surface area contributed by atoms with Gasteiger partial charge in [0.2, 0.25) is 11.8 Å². The summed E-state index contributed by atoms with van der Waals surface area (Å²) in [6.07, 6.45) is 5.13. The van der Waals surface area contributed by atoms with E-state index in [9.17, 15) is 14.4 Å². The third-order valence-electron chi connectivity index (χ3n) is 7.55. The number of hydrogen-bond acceptors (Lipinski definition) is 4. The van der Waals surface area contributed by atoms with Crippen molar-refractivity contribution in [3.05, 3.63) is 30.3 Å². The quantitative estimate of drug-likeness (QED) is 0.685. The average Bonchev–Trinajstić information content (AvgIpc) is 2.87. The summed E-state index contributed by atoms with van der Waals surface area (Å²) in [5, 5.41) is 0. The molecule has 0 spiro atoms. The maximum atomic E-state index is 13.1. The first-order valence-corrected chi connectivity index (χ1v) is 12.5. The highest BCUT2D eigenvalue weighted by Gasteiger charge is 2.35. The number of ether oxygens (including phenoxy) is 1. The zero-order valence-corrected chi connectivity index (χ0v) is 19.8. The molecule has 3 saturated heterocycles. The van der Waals surface area contributed by atoms with Crippen molar-refractivity contribution in [3.63, 3.8) is 0 Å². The molecule has 33 heavy (non-hydrogen) atoms. The summed E-state index contributed by atoms with van der Waals surface area (Å²) in [5.41, 5.74) is 0. The first-order valence-electron chi connectivity index (χ1n) is 12.5. The number of hydrogen-bond donors (Lipinski definition) is 0. The summed E-state index contributed by atoms with van der Waals surface area (Å²) in [5.74, 6) is 1.89. The van der Waals surface area contributed by atoms with Gasteiger partial charge in [-0.3, -0.25) is 14.4 Å². The second-order valence-corrected chi connectivity index (χ2v) is 9.86. The molecule has 3 aliphatic rings. The molecule has 4 rings (SSSR count). The van der Waals surface area contributed by atoms with Crippen LogP contribution in [0.5, 0.6) is 5.75 Å². The number of rotatable bonds is 5. The van der Waals surface area contributed by atoms with Crippen LogP contribution in [0.2, 0.25) is 0 Å². The summed E-state index contributed by atoms with van der Waals surface area (Å²) in [7, 11) is 0. The third kappa shape index (κ3) is 6.06. The van der Waals surface area contributed by atoms with Gasteiger partial charge < -0.3 is 19.4 Å². The molecular formula is C26H37N3O4. The van der Waals surface area contributed by atoms with Gasteiger partial charge in [0, 0.05) is 51.1 Å². The highest BCUT2D eigenvalue weighted by atomic mass is 16.5. The number of likely N-dealkylation sites (tertiary alicyclic amines) is 3. The smallest absolute Gasteiger partial charge is 0.260 e. The molecule has 7 heteroatoms. The zero-order chi connectivity index (χ0) is 23.2. The summed E-state index contributed by atoms with van der Waals surface area (Å²) < 4.78 is 5.57. The Balaban J connectivity index is 1.17. The minimum absolute atomic E-state index is 0.0278. The first kappa shape index (κ1) is 23.6. The molecule has 1 aromatic rings. The van der Waals surface area contributed by atoms with Gasteiger partial charge in [-0.25, -0.2) is 0 Å². The van der Waals surface area contributed by atoms with Crippen molar-refractivity contribution in [1.82, 2.24) is 14.7 Å². The van der Waals surface area contributed by atoms with Crippen molar-refractivity contribution >= 4 is 17.7 Å². The van der Waals surface area contributed by atoms with E-state index in [-0.39, 0.29) is 30.3 Å². The number of para-hydroxylation sites is 1. The van der Waals surface area contributed by atoms with Crippen molar-refractivity contribution < 1.29 is 19.1 Å². The minimum Gasteiger partial charge on any atom is -0.484 e. The molecule has 0 bridgehead atoms. The van der Waals surface area contributed by atoms with Crippen LogP contribution in [0.3, 0.4) is 0 Å². The van der Waals surface area contributed by atoms with Gasteiger partial charge >= 0.3 is 0 Å². The van der Waals surface area contributed by atoms with Gasteiger partial charge in [-0.15, -0.1) is 0 Å². The second kappa shape index (κ2) is 11.0. The van der Waals surface area contributed by atoms with Crippen LogP contribution in [-0.4, -0.2) is 78.3 Å². The van der Waals surface area contributed by atoms with E-state index >= 15 is 0 Å². The highest BCUT2D eigenvalue weighted by molar-refractivity contribution is 5.82. The Bertz CT molecular complexity index is 806. The van der Waals surface area contributed by atoms with Crippen LogP contribution in [0.15, 0.2) is 30.3 Å². The lowest BCUT2D eigenvalue weighted by Crippen LogP contribution is -2.49. The fourth-order valence-electron chi connectivity index (χ4n) is 5.22. The van der Waals surface area contributed by atoms with Crippen molar-refractivity contribution in [1.29, 1.82) is 0 Å². The first-order chi connectivity index (χ1) is 16.0. The molecule has 0 radical (unpaired) electrons. The van der Waals surface area contributed by atoms with Gasteiger partial charge in [0.15, 0.2) is 6.61 Å². The summed E-state index contributed by atoms with van der Waals surface area (Å²) in [4.78, 5) is 44.2. The van der Waals surface area contributed by atoms with E-state index < -0.39 is 0 Å². The van der Waals surface area contributed by atoms with Crippen LogP contribution in [-0.2, 0) is 14.4 Å². The number of benzene rings is 1. The van der Waals surface area contributed by atoms with Gasteiger partial charge in [0.1, 0.15) is 5.75 Å². The highest BCUT2D eigenvalue weighted by Crippen LogP contribution is 2.26. The second-order valence-electron chi connectivity index (χ2n) is 9.86. The molecule has 0 aliphatic carbocycles. The molecule has 7 nitrogen and oxygen atoms in total. The Kier molecular flexibility index (Phi) is 7.89. The Morgan fingerprint density at radius 1 is 0.727 bits per heavy atom. The van der Waals surface area contributed by atoms with Crippen LogP contribution in [0.4, 0.5) is 0 Å². The van der Waals surface area contributed by atoms with Crippen molar-refractivity contribution in [2.24, 2.45) is 17.8 Å². The molecule has 3 fully saturated rings. The molecule has 180 valence electrons. The van der Waals surface area contributed by atoms with Gasteiger partial charge in [0.25, 0.3) is 5.91 Å². The van der Waals surface area contributed by atoms with E-state index in [1.54, 1.807) is 4.90 Å². The van der Waals surface area contributed by atoms with E-state index in [2.05, 4.69) is 6.92 Å². The Labute approximate surface area is 197 Å². The van der Waals surface area contributed by atoms with Crippen LogP contribution in [0.25, 0.3) is 0 Å². The standard InChI is InChI=1S/C26H37N3O4/c1-20-7-13-28(14-8-20)25(31)22-11-17-29(18-12-22)26(32)21-9-15-27(16-10-21)24(30)19-33-23-5-3-2-4-6-23/h2-6,20-22H,7-19H2,1H3. The predicted molar refractivity (Wildman–Crippen MR) is 126 cm³/mol. The number of nitrogens with zero attached hydrogens (tertiary/aromatic N) is 3. The van der Waals surface area contributed by atoms with Gasteiger partial charge in [-0.1, -0.05) is 25.1 Å². The summed E-state index contributed by atoms with van der Waals surface area (Å²) in [6.45, 7) is 6.57. The number of piperidine rings is 3. The fraction of sp³-hybridized carbons (Fsp3) is 0.654. The molecule has 3 aliphatic heterocycles. The molecule has 0 N–H and O–H groups in total. The van der Waals surface area contributed by atoms with E-state index in [1.165, 1.54) is 0 Å². The zero-order valence-electron chi connectivity index (χ0n) is 19.8. The van der Waals surface area contributed by atoms with Crippen molar-refractivity contribution in [2.45, 2.75) is 45.4 Å². The Morgan fingerprint density at radius 2 is 1.18 bits per heavy atom. The summed E-state index contributed by atoms with van der Waals surface area (Å²) in [6, 6.07) is 9.34. The molecule has 0 aromatic heterocycles. The molecule has 0 atom stereocenters. The maximum Gasteiger partial charge on any atom is 0.260 e. The topological polar surface area (TPSA) is 70.2 Å². The monoisotopic (exact) mass is 455 g/mol. The number of carbonyl (C=O) groups excluding carboxylic acids is 3. The van der Waals surface area contributed by atoms with E-state index in [0.717, 1.165) is 38.8 Å². The van der Waals surface area contributed by atoms with Gasteiger partial charge in [-0.05, 0) is 56.6 Å². The fourth-order valence-corrected chi connectivity index (χ4v) is 5.22. The predicted octanol–water partition coefficient (Wildman–Crippen LogP) is 2.80. The van der Waals surface area contributed by atoms with Crippen LogP contribution in [0.1, 0.15) is 45.4 Å². The molecule has 1 aromatic carbocycles. The van der Waals surface area contributed by atoms with Crippen LogP contribution >= 0.6 is 0 Å². The van der Waals surface area contributed by atoms with E-state index in [4.69, 9.17) is 4.74 Å². The molecule has 0 saturated carbocycles. The van der Waals surface area contributed by atoms with Crippen molar-refractivity contribution in [2.75, 3.05) is 45.9 Å². The summed E-state index contributed by atoms with van der Waals surface area (Å²) >= 11 is 0. The third-order valence-corrected chi connectivity index (χ3v) is 7.55. The molecule has 0 unspecified atom stereocenters. The number of amides is 3. The SMILES string of the molecule is CC1CCN(C(=O)C2CCN(C(=O)C3CCN(C(=O)COc4ccccc4)CC3)CC2)CC1. The average molecular weight is 456 g/mol. The van der Waals surface area contributed by atoms with Crippen LogP contribution < -0.4 is 4.74 Å². The molecule has 3 heterocycles. The molecule has 3 amide bonds. The lowest BCUT2D eigenvalue weighted by Gasteiger charge is -2.39. The minimum atomic E-state index is -0.0313. The van der Waals surface area contributed by atoms with Crippen LogP contribution in [0, 0.1) is 17.8 Å².